The maximum absolute atomic E-state index is 12.1. The first-order valence-electron chi connectivity index (χ1n) is 7.57. The molecule has 0 unspecified atom stereocenters. The molecule has 126 valence electrons. The molecule has 1 N–H and O–H groups in total. The van der Waals surface area contributed by atoms with Crippen LogP contribution in [0.25, 0.3) is 15.9 Å². The predicted molar refractivity (Wildman–Crippen MR) is 98.4 cm³/mol. The summed E-state index contributed by atoms with van der Waals surface area (Å²) in [6.07, 6.45) is 0. The van der Waals surface area contributed by atoms with Crippen LogP contribution in [0.15, 0.2) is 39.6 Å². The van der Waals surface area contributed by atoms with Gasteiger partial charge in [-0.05, 0) is 52.9 Å². The molecule has 25 heavy (non-hydrogen) atoms. The number of nitrogens with one attached hydrogen (secondary N) is 1. The van der Waals surface area contributed by atoms with Crippen molar-refractivity contribution < 1.29 is 0 Å². The number of hydrogen-bond acceptors (Lipinski definition) is 7. The Bertz CT molecular complexity index is 1110. The summed E-state index contributed by atoms with van der Waals surface area (Å²) in [7, 11) is 0. The SMILES string of the molecule is Cc1cccc(-n2nnnc2SCc2nc3ccsc3c(=O)[nH]2)c1C. The number of thiophene rings is 1. The van der Waals surface area contributed by atoms with Gasteiger partial charge in [0.1, 0.15) is 10.5 Å². The lowest BCUT2D eigenvalue weighted by molar-refractivity contribution is 0.750. The van der Waals surface area contributed by atoms with Crippen molar-refractivity contribution in [3.8, 4) is 5.69 Å². The van der Waals surface area contributed by atoms with Gasteiger partial charge in [0.2, 0.25) is 5.16 Å². The standard InChI is InChI=1S/C16H14N6OS2/c1-9-4-3-5-12(10(9)2)22-16(19-20-21-22)25-8-13-17-11-6-7-24-14(11)15(23)18-13/h3-7H,8H2,1-2H3,(H,17,18,23). The van der Waals surface area contributed by atoms with E-state index in [1.807, 2.05) is 30.5 Å². The van der Waals surface area contributed by atoms with Gasteiger partial charge in [0.05, 0.1) is 17.0 Å². The summed E-state index contributed by atoms with van der Waals surface area (Å²) in [6, 6.07) is 7.88. The molecule has 0 saturated carbocycles. The second-order valence-electron chi connectivity index (χ2n) is 5.53. The first-order valence-corrected chi connectivity index (χ1v) is 9.44. The fraction of sp³-hybridized carbons (Fsp3) is 0.188. The van der Waals surface area contributed by atoms with Gasteiger partial charge < -0.3 is 4.98 Å². The van der Waals surface area contributed by atoms with Crippen molar-refractivity contribution in [3.63, 3.8) is 0 Å². The third kappa shape index (κ3) is 2.96. The number of benzene rings is 1. The van der Waals surface area contributed by atoms with Gasteiger partial charge in [-0.15, -0.1) is 16.4 Å². The van der Waals surface area contributed by atoms with E-state index in [2.05, 4.69) is 38.5 Å². The van der Waals surface area contributed by atoms with Crippen LogP contribution < -0.4 is 5.56 Å². The van der Waals surface area contributed by atoms with Crippen molar-refractivity contribution in [2.75, 3.05) is 0 Å². The Morgan fingerprint density at radius 3 is 3.04 bits per heavy atom. The molecule has 0 fully saturated rings. The van der Waals surface area contributed by atoms with Gasteiger partial charge in [-0.2, -0.15) is 4.68 Å². The lowest BCUT2D eigenvalue weighted by atomic mass is 10.1. The van der Waals surface area contributed by atoms with Gasteiger partial charge >= 0.3 is 0 Å². The number of tetrazole rings is 1. The van der Waals surface area contributed by atoms with Gasteiger partial charge in [0.15, 0.2) is 0 Å². The Kier molecular flexibility index (Phi) is 4.10. The third-order valence-electron chi connectivity index (χ3n) is 3.95. The van der Waals surface area contributed by atoms with Crippen LogP contribution in [0.2, 0.25) is 0 Å². The Balaban J connectivity index is 1.63. The molecular formula is C16H14N6OS2. The normalized spacial score (nSPS) is 11.3. The molecular weight excluding hydrogens is 356 g/mol. The number of aryl methyl sites for hydroxylation is 1. The first-order chi connectivity index (χ1) is 12.1. The van der Waals surface area contributed by atoms with Crippen molar-refractivity contribution in [1.82, 2.24) is 30.2 Å². The van der Waals surface area contributed by atoms with Crippen LogP contribution in [-0.4, -0.2) is 30.2 Å². The maximum atomic E-state index is 12.1. The number of hydrogen-bond donors (Lipinski definition) is 1. The zero-order valence-electron chi connectivity index (χ0n) is 13.6. The van der Waals surface area contributed by atoms with E-state index in [1.165, 1.54) is 28.7 Å². The minimum atomic E-state index is -0.107. The number of aromatic nitrogens is 6. The molecule has 0 spiro atoms. The van der Waals surface area contributed by atoms with E-state index in [4.69, 9.17) is 0 Å². The monoisotopic (exact) mass is 370 g/mol. The topological polar surface area (TPSA) is 89.3 Å². The number of thioether (sulfide) groups is 1. The molecule has 0 saturated heterocycles. The fourth-order valence-corrected chi connectivity index (χ4v) is 3.99. The van der Waals surface area contributed by atoms with E-state index >= 15 is 0 Å². The van der Waals surface area contributed by atoms with Crippen LogP contribution in [0.5, 0.6) is 0 Å². The molecule has 0 radical (unpaired) electrons. The Hall–Kier alpha value is -2.52. The molecule has 0 aliphatic rings. The third-order valence-corrected chi connectivity index (χ3v) is 5.78. The van der Waals surface area contributed by atoms with E-state index in [0.717, 1.165) is 16.8 Å². The van der Waals surface area contributed by atoms with E-state index in [9.17, 15) is 4.79 Å². The summed E-state index contributed by atoms with van der Waals surface area (Å²) in [5.41, 5.74) is 3.87. The zero-order valence-corrected chi connectivity index (χ0v) is 15.2. The zero-order chi connectivity index (χ0) is 17.4. The first kappa shape index (κ1) is 16.0. The van der Waals surface area contributed by atoms with Crippen molar-refractivity contribution in [2.24, 2.45) is 0 Å². The van der Waals surface area contributed by atoms with E-state index < -0.39 is 0 Å². The quantitative estimate of drug-likeness (QED) is 0.556. The second kappa shape index (κ2) is 6.41. The molecule has 0 aliphatic carbocycles. The van der Waals surface area contributed by atoms with Gasteiger partial charge in [0, 0.05) is 0 Å². The van der Waals surface area contributed by atoms with Gasteiger partial charge in [-0.25, -0.2) is 4.98 Å². The highest BCUT2D eigenvalue weighted by Gasteiger charge is 2.13. The summed E-state index contributed by atoms with van der Waals surface area (Å²) in [5.74, 6) is 1.09. The lowest BCUT2D eigenvalue weighted by Gasteiger charge is -2.09. The highest BCUT2D eigenvalue weighted by atomic mass is 32.2. The van der Waals surface area contributed by atoms with E-state index in [1.54, 1.807) is 4.68 Å². The average molecular weight is 370 g/mol. The van der Waals surface area contributed by atoms with E-state index in [-0.39, 0.29) is 5.56 Å². The molecule has 7 nitrogen and oxygen atoms in total. The Labute approximate surface area is 151 Å². The minimum absolute atomic E-state index is 0.107. The minimum Gasteiger partial charge on any atom is -0.309 e. The number of rotatable bonds is 4. The Morgan fingerprint density at radius 2 is 2.16 bits per heavy atom. The smallest absolute Gasteiger partial charge is 0.268 e. The number of fused-ring (bicyclic) bond motifs is 1. The number of H-pyrrole nitrogens is 1. The van der Waals surface area contributed by atoms with Crippen LogP contribution in [0.3, 0.4) is 0 Å². The summed E-state index contributed by atoms with van der Waals surface area (Å²) in [5, 5.41) is 14.5. The second-order valence-corrected chi connectivity index (χ2v) is 7.39. The van der Waals surface area contributed by atoms with Crippen LogP contribution in [-0.2, 0) is 5.75 Å². The summed E-state index contributed by atoms with van der Waals surface area (Å²) < 4.78 is 2.36. The lowest BCUT2D eigenvalue weighted by Crippen LogP contribution is -2.10. The molecule has 4 rings (SSSR count). The molecule has 0 amide bonds. The molecule has 3 heterocycles. The predicted octanol–water partition coefficient (Wildman–Crippen LogP) is 2.87. The number of nitrogens with zero attached hydrogens (tertiary/aromatic N) is 5. The highest BCUT2D eigenvalue weighted by Crippen LogP contribution is 2.24. The van der Waals surface area contributed by atoms with Crippen LogP contribution in [0.4, 0.5) is 0 Å². The molecule has 0 atom stereocenters. The molecule has 4 aromatic rings. The molecule has 0 aliphatic heterocycles. The molecule has 1 aromatic carbocycles. The molecule has 9 heteroatoms. The fourth-order valence-electron chi connectivity index (χ4n) is 2.51. The Morgan fingerprint density at radius 1 is 1.28 bits per heavy atom. The van der Waals surface area contributed by atoms with Gasteiger partial charge in [-0.1, -0.05) is 23.9 Å². The largest absolute Gasteiger partial charge is 0.309 e. The summed E-state index contributed by atoms with van der Waals surface area (Å²) >= 11 is 2.83. The van der Waals surface area contributed by atoms with Crippen LogP contribution >= 0.6 is 23.1 Å². The van der Waals surface area contributed by atoms with Crippen molar-refractivity contribution >= 4 is 33.3 Å². The summed E-state index contributed by atoms with van der Waals surface area (Å²) in [6.45, 7) is 4.10. The van der Waals surface area contributed by atoms with Crippen molar-refractivity contribution in [2.45, 2.75) is 24.8 Å². The maximum Gasteiger partial charge on any atom is 0.268 e. The summed E-state index contributed by atoms with van der Waals surface area (Å²) in [4.78, 5) is 19.4. The van der Waals surface area contributed by atoms with Gasteiger partial charge in [-0.3, -0.25) is 4.79 Å². The van der Waals surface area contributed by atoms with Crippen molar-refractivity contribution in [3.05, 3.63) is 57.0 Å². The average Bonchev–Trinajstić information content (AvgIpc) is 3.24. The molecule has 0 bridgehead atoms. The molecule has 3 aromatic heterocycles. The van der Waals surface area contributed by atoms with Crippen LogP contribution in [0.1, 0.15) is 17.0 Å². The van der Waals surface area contributed by atoms with E-state index in [0.29, 0.717) is 21.4 Å². The van der Waals surface area contributed by atoms with Crippen molar-refractivity contribution in [1.29, 1.82) is 0 Å². The van der Waals surface area contributed by atoms with Gasteiger partial charge in [0.25, 0.3) is 5.56 Å². The number of aromatic amines is 1. The van der Waals surface area contributed by atoms with Crippen LogP contribution in [0, 0.1) is 13.8 Å². The highest BCUT2D eigenvalue weighted by molar-refractivity contribution is 7.98.